The second kappa shape index (κ2) is 13.4. The second-order valence-electron chi connectivity index (χ2n) is 15.3. The van der Waals surface area contributed by atoms with Gasteiger partial charge in [-0.1, -0.05) is 146 Å². The van der Waals surface area contributed by atoms with Crippen LogP contribution in [-0.4, -0.2) is 4.57 Å². The summed E-state index contributed by atoms with van der Waals surface area (Å²) < 4.78 is 8.62. The third kappa shape index (κ3) is 5.36. The van der Waals surface area contributed by atoms with Crippen molar-refractivity contribution in [1.29, 1.82) is 0 Å². The standard InChI is InChI=1S/C56H36N2O/c1-2-16-44-40(13-1)36-53(47-18-4-3-17-46(44)47)57(42-31-33-43(34-32-42)58-51-23-8-5-19-48(51)49-20-6-9-24-52(49)58)41-29-27-37(28-30-41)38-14-11-15-39(35-38)45-22-12-26-55-56(45)50-21-7-10-25-54(50)59-55/h1-36H. The zero-order valence-electron chi connectivity index (χ0n) is 32.1. The molecule has 0 amide bonds. The van der Waals surface area contributed by atoms with Crippen molar-refractivity contribution in [3.05, 3.63) is 218 Å². The monoisotopic (exact) mass is 752 g/mol. The SMILES string of the molecule is c1cc(-c2ccc(N(c3ccc(-n4c5ccccc5c5ccccc54)cc3)c3cc4ccccc4c4ccccc34)cc2)cc(-c2cccc3oc4ccccc4c23)c1. The highest BCUT2D eigenvalue weighted by Gasteiger charge is 2.19. The van der Waals surface area contributed by atoms with Crippen LogP contribution in [0.15, 0.2) is 223 Å². The summed E-state index contributed by atoms with van der Waals surface area (Å²) in [6, 6.07) is 78.8. The number of hydrogen-bond acceptors (Lipinski definition) is 2. The van der Waals surface area contributed by atoms with E-state index >= 15 is 0 Å². The Bertz CT molecular complexity index is 3500. The molecule has 0 atom stereocenters. The lowest BCUT2D eigenvalue weighted by Gasteiger charge is -2.28. The number of furan rings is 1. The average molecular weight is 753 g/mol. The Labute approximate surface area is 341 Å². The maximum atomic E-state index is 6.24. The number of hydrogen-bond donors (Lipinski definition) is 0. The van der Waals surface area contributed by atoms with Gasteiger partial charge < -0.3 is 13.9 Å². The number of benzene rings is 10. The Morgan fingerprint density at radius 1 is 0.356 bits per heavy atom. The van der Waals surface area contributed by atoms with Crippen molar-refractivity contribution in [3.63, 3.8) is 0 Å². The zero-order valence-corrected chi connectivity index (χ0v) is 32.1. The molecule has 59 heavy (non-hydrogen) atoms. The Balaban J connectivity index is 0.990. The first-order valence-electron chi connectivity index (χ1n) is 20.2. The molecule has 12 aromatic rings. The van der Waals surface area contributed by atoms with E-state index in [4.69, 9.17) is 4.42 Å². The molecule has 10 aromatic carbocycles. The molecule has 0 saturated heterocycles. The van der Waals surface area contributed by atoms with E-state index in [1.165, 1.54) is 48.9 Å². The van der Waals surface area contributed by atoms with Gasteiger partial charge in [0.05, 0.1) is 16.7 Å². The summed E-state index contributed by atoms with van der Waals surface area (Å²) in [6.07, 6.45) is 0. The number of aromatic nitrogens is 1. The summed E-state index contributed by atoms with van der Waals surface area (Å²) in [7, 11) is 0. The molecular weight excluding hydrogens is 717 g/mol. The first kappa shape index (κ1) is 33.3. The lowest BCUT2D eigenvalue weighted by molar-refractivity contribution is 0.669. The summed E-state index contributed by atoms with van der Waals surface area (Å²) in [5.41, 5.74) is 13.3. The van der Waals surface area contributed by atoms with Crippen LogP contribution in [-0.2, 0) is 0 Å². The normalized spacial score (nSPS) is 11.7. The maximum Gasteiger partial charge on any atom is 0.136 e. The molecule has 0 unspecified atom stereocenters. The third-order valence-corrected chi connectivity index (χ3v) is 12.0. The largest absolute Gasteiger partial charge is 0.456 e. The summed E-state index contributed by atoms with van der Waals surface area (Å²) >= 11 is 0. The highest BCUT2D eigenvalue weighted by Crippen LogP contribution is 2.44. The van der Waals surface area contributed by atoms with Gasteiger partial charge in [0.2, 0.25) is 0 Å². The summed E-state index contributed by atoms with van der Waals surface area (Å²) in [5, 5.41) is 9.71. The lowest BCUT2D eigenvalue weighted by Crippen LogP contribution is -2.11. The molecule has 0 fully saturated rings. The average Bonchev–Trinajstić information content (AvgIpc) is 3.86. The minimum absolute atomic E-state index is 0.905. The molecule has 2 aromatic heterocycles. The van der Waals surface area contributed by atoms with Crippen LogP contribution in [0.1, 0.15) is 0 Å². The molecule has 0 radical (unpaired) electrons. The number of para-hydroxylation sites is 3. The number of nitrogens with zero attached hydrogens (tertiary/aromatic N) is 2. The van der Waals surface area contributed by atoms with E-state index in [0.29, 0.717) is 0 Å². The molecule has 276 valence electrons. The summed E-state index contributed by atoms with van der Waals surface area (Å²) in [6.45, 7) is 0. The van der Waals surface area contributed by atoms with Crippen molar-refractivity contribution in [2.75, 3.05) is 4.90 Å². The van der Waals surface area contributed by atoms with Crippen molar-refractivity contribution in [2.24, 2.45) is 0 Å². The first-order chi connectivity index (χ1) is 29.3. The van der Waals surface area contributed by atoms with Crippen molar-refractivity contribution in [1.82, 2.24) is 4.57 Å². The van der Waals surface area contributed by atoms with E-state index in [-0.39, 0.29) is 0 Å². The molecule has 3 heteroatoms. The number of anilines is 3. The van der Waals surface area contributed by atoms with Gasteiger partial charge in [0.15, 0.2) is 0 Å². The quantitative estimate of drug-likeness (QED) is 0.158. The minimum Gasteiger partial charge on any atom is -0.456 e. The zero-order chi connectivity index (χ0) is 38.9. The Morgan fingerprint density at radius 3 is 1.66 bits per heavy atom. The molecule has 2 heterocycles. The molecule has 0 saturated carbocycles. The Hall–Kier alpha value is -7.88. The molecular formula is C56H36N2O. The molecule has 0 spiro atoms. The van der Waals surface area contributed by atoms with Crippen LogP contribution in [0, 0.1) is 0 Å². The number of fused-ring (bicyclic) bond motifs is 9. The molecule has 0 N–H and O–H groups in total. The summed E-state index contributed by atoms with van der Waals surface area (Å²) in [4.78, 5) is 2.41. The van der Waals surface area contributed by atoms with Crippen molar-refractivity contribution < 1.29 is 4.42 Å². The van der Waals surface area contributed by atoms with Crippen LogP contribution >= 0.6 is 0 Å². The maximum absolute atomic E-state index is 6.24. The van der Waals surface area contributed by atoms with Gasteiger partial charge in [0.25, 0.3) is 0 Å². The van der Waals surface area contributed by atoms with Gasteiger partial charge in [-0.05, 0) is 111 Å². The van der Waals surface area contributed by atoms with E-state index in [2.05, 4.69) is 216 Å². The van der Waals surface area contributed by atoms with E-state index in [9.17, 15) is 0 Å². The highest BCUT2D eigenvalue weighted by atomic mass is 16.3. The van der Waals surface area contributed by atoms with E-state index < -0.39 is 0 Å². The van der Waals surface area contributed by atoms with Crippen LogP contribution in [0.4, 0.5) is 17.1 Å². The van der Waals surface area contributed by atoms with Gasteiger partial charge in [-0.15, -0.1) is 0 Å². The van der Waals surface area contributed by atoms with Gasteiger partial charge in [-0.2, -0.15) is 0 Å². The number of rotatable bonds is 6. The molecule has 3 nitrogen and oxygen atoms in total. The van der Waals surface area contributed by atoms with E-state index in [1.807, 2.05) is 12.1 Å². The van der Waals surface area contributed by atoms with Gasteiger partial charge in [0.1, 0.15) is 11.2 Å². The van der Waals surface area contributed by atoms with Crippen LogP contribution in [0.2, 0.25) is 0 Å². The minimum atomic E-state index is 0.905. The Morgan fingerprint density at radius 2 is 0.915 bits per heavy atom. The third-order valence-electron chi connectivity index (χ3n) is 12.0. The fourth-order valence-corrected chi connectivity index (χ4v) is 9.28. The van der Waals surface area contributed by atoms with Crippen LogP contribution in [0.25, 0.3) is 93.2 Å². The van der Waals surface area contributed by atoms with Crippen molar-refractivity contribution in [2.45, 2.75) is 0 Å². The van der Waals surface area contributed by atoms with E-state index in [0.717, 1.165) is 61.4 Å². The van der Waals surface area contributed by atoms with Crippen molar-refractivity contribution in [3.8, 4) is 27.9 Å². The molecule has 0 aliphatic rings. The van der Waals surface area contributed by atoms with Crippen molar-refractivity contribution >= 4 is 82.4 Å². The predicted octanol–water partition coefficient (Wildman–Crippen LogP) is 15.8. The van der Waals surface area contributed by atoms with Crippen LogP contribution in [0.3, 0.4) is 0 Å². The van der Waals surface area contributed by atoms with Gasteiger partial charge in [-0.3, -0.25) is 0 Å². The highest BCUT2D eigenvalue weighted by molar-refractivity contribution is 6.15. The lowest BCUT2D eigenvalue weighted by atomic mass is 9.95. The molecule has 12 rings (SSSR count). The summed E-state index contributed by atoms with van der Waals surface area (Å²) in [5.74, 6) is 0. The fourth-order valence-electron chi connectivity index (χ4n) is 9.28. The fraction of sp³-hybridized carbons (Fsp3) is 0. The van der Waals surface area contributed by atoms with Crippen LogP contribution in [0.5, 0.6) is 0 Å². The van der Waals surface area contributed by atoms with Gasteiger partial charge in [-0.25, -0.2) is 0 Å². The molecule has 0 aliphatic heterocycles. The molecule has 0 bridgehead atoms. The first-order valence-corrected chi connectivity index (χ1v) is 20.2. The van der Waals surface area contributed by atoms with Crippen LogP contribution < -0.4 is 4.90 Å². The Kier molecular flexibility index (Phi) is 7.54. The predicted molar refractivity (Wildman–Crippen MR) is 249 cm³/mol. The van der Waals surface area contributed by atoms with Gasteiger partial charge in [0, 0.05) is 44.0 Å². The second-order valence-corrected chi connectivity index (χ2v) is 15.3. The van der Waals surface area contributed by atoms with E-state index in [1.54, 1.807) is 0 Å². The molecule has 0 aliphatic carbocycles. The topological polar surface area (TPSA) is 21.3 Å². The van der Waals surface area contributed by atoms with Gasteiger partial charge >= 0.3 is 0 Å². The smallest absolute Gasteiger partial charge is 0.136 e.